The lowest BCUT2D eigenvalue weighted by Crippen LogP contribution is -2.46. The van der Waals surface area contributed by atoms with Crippen LogP contribution in [0.1, 0.15) is 61.6 Å². The molecule has 2 aliphatic rings. The first kappa shape index (κ1) is 20.0. The first-order chi connectivity index (χ1) is 14.1. The molecule has 0 bridgehead atoms. The molecule has 0 saturated carbocycles. The summed E-state index contributed by atoms with van der Waals surface area (Å²) in [4.78, 5) is 18.1. The number of rotatable bonds is 5. The third kappa shape index (κ3) is 4.66. The monoisotopic (exact) mass is 396 g/mol. The van der Waals surface area contributed by atoms with Crippen molar-refractivity contribution in [2.75, 3.05) is 26.2 Å². The summed E-state index contributed by atoms with van der Waals surface area (Å²) < 4.78 is 1.67. The fourth-order valence-electron chi connectivity index (χ4n) is 4.59. The van der Waals surface area contributed by atoms with Gasteiger partial charge >= 0.3 is 0 Å². The van der Waals surface area contributed by atoms with E-state index in [2.05, 4.69) is 32.2 Å². The molecule has 1 aromatic heterocycles. The zero-order chi connectivity index (χ0) is 20.2. The van der Waals surface area contributed by atoms with Gasteiger partial charge in [0.1, 0.15) is 0 Å². The van der Waals surface area contributed by atoms with Crippen molar-refractivity contribution >= 4 is 5.91 Å². The van der Waals surface area contributed by atoms with Crippen LogP contribution < -0.4 is 0 Å². The molecule has 29 heavy (non-hydrogen) atoms. The molecule has 0 N–H and O–H groups in total. The van der Waals surface area contributed by atoms with Gasteiger partial charge in [0.05, 0.1) is 5.69 Å². The maximum absolute atomic E-state index is 13.4. The zero-order valence-corrected chi connectivity index (χ0v) is 17.6. The van der Waals surface area contributed by atoms with Gasteiger partial charge in [-0.1, -0.05) is 13.0 Å². The topological polar surface area (TPSA) is 67.2 Å². The number of piperidine rings is 2. The van der Waals surface area contributed by atoms with Crippen molar-refractivity contribution in [3.63, 3.8) is 0 Å². The van der Waals surface area contributed by atoms with Crippen LogP contribution in [0.2, 0.25) is 0 Å². The van der Waals surface area contributed by atoms with E-state index in [0.29, 0.717) is 11.9 Å². The van der Waals surface area contributed by atoms with Crippen molar-refractivity contribution in [2.24, 2.45) is 5.92 Å². The second-order valence-electron chi connectivity index (χ2n) is 8.65. The van der Waals surface area contributed by atoms with E-state index in [1.807, 2.05) is 31.2 Å². The molecule has 7 heteroatoms. The van der Waals surface area contributed by atoms with E-state index in [1.54, 1.807) is 4.68 Å². The minimum atomic E-state index is 0.134. The Bertz CT molecular complexity index is 826. The van der Waals surface area contributed by atoms with E-state index in [1.165, 1.54) is 32.4 Å². The number of likely N-dealkylation sites (tertiary alicyclic amines) is 2. The Hall–Kier alpha value is -2.28. The first-order valence-corrected chi connectivity index (χ1v) is 11.0. The van der Waals surface area contributed by atoms with Crippen molar-refractivity contribution in [1.82, 2.24) is 30.0 Å². The van der Waals surface area contributed by atoms with Crippen LogP contribution in [0.3, 0.4) is 0 Å². The van der Waals surface area contributed by atoms with Gasteiger partial charge in [-0.15, -0.1) is 5.10 Å². The number of hydrogen-bond donors (Lipinski definition) is 0. The number of amides is 1. The highest BCUT2D eigenvalue weighted by molar-refractivity contribution is 5.95. The summed E-state index contributed by atoms with van der Waals surface area (Å²) in [6.45, 7) is 8.57. The highest BCUT2D eigenvalue weighted by Crippen LogP contribution is 2.24. The molecule has 7 nitrogen and oxygen atoms in total. The maximum atomic E-state index is 13.4. The Morgan fingerprint density at radius 2 is 1.97 bits per heavy atom. The largest absolute Gasteiger partial charge is 0.336 e. The number of benzene rings is 1. The standard InChI is InChI=1S/C22H32N6O/c1-17-9-13-26(14-10-17)15-11-20-7-3-4-12-27(20)22(29)19-6-5-8-21(16-19)28-18(2)23-24-25-28/h5-6,8,16-17,20H,3-4,7,9-15H2,1-2H3/t20-/m0/s1. The van der Waals surface area contributed by atoms with Crippen LogP contribution in [0, 0.1) is 12.8 Å². The molecule has 1 aromatic carbocycles. The highest BCUT2D eigenvalue weighted by atomic mass is 16.2. The summed E-state index contributed by atoms with van der Waals surface area (Å²) >= 11 is 0. The zero-order valence-electron chi connectivity index (χ0n) is 17.6. The van der Waals surface area contributed by atoms with Crippen molar-refractivity contribution in [3.8, 4) is 5.69 Å². The van der Waals surface area contributed by atoms with Crippen LogP contribution in [-0.4, -0.2) is 68.1 Å². The minimum absolute atomic E-state index is 0.134. The SMILES string of the molecule is Cc1nnnn1-c1cccc(C(=O)N2CCCC[C@H]2CCN2CCC(C)CC2)c1. The molecule has 2 saturated heterocycles. The molecule has 4 rings (SSSR count). The lowest BCUT2D eigenvalue weighted by molar-refractivity contribution is 0.0575. The molecular formula is C22H32N6O. The third-order valence-corrected chi connectivity index (χ3v) is 6.51. The van der Waals surface area contributed by atoms with Gasteiger partial charge < -0.3 is 9.80 Å². The van der Waals surface area contributed by atoms with Gasteiger partial charge in [-0.3, -0.25) is 4.79 Å². The normalized spacial score (nSPS) is 21.4. The molecule has 3 heterocycles. The minimum Gasteiger partial charge on any atom is -0.336 e. The fraction of sp³-hybridized carbons (Fsp3) is 0.636. The van der Waals surface area contributed by atoms with E-state index >= 15 is 0 Å². The van der Waals surface area contributed by atoms with Gasteiger partial charge in [-0.25, -0.2) is 0 Å². The summed E-state index contributed by atoms with van der Waals surface area (Å²) in [5, 5.41) is 11.7. The first-order valence-electron chi connectivity index (χ1n) is 11.0. The molecule has 0 radical (unpaired) electrons. The summed E-state index contributed by atoms with van der Waals surface area (Å²) in [5.41, 5.74) is 1.55. The lowest BCUT2D eigenvalue weighted by Gasteiger charge is -2.38. The fourth-order valence-corrected chi connectivity index (χ4v) is 4.59. The Labute approximate surface area is 173 Å². The summed E-state index contributed by atoms with van der Waals surface area (Å²) in [7, 11) is 0. The smallest absolute Gasteiger partial charge is 0.254 e. The number of hydrogen-bond acceptors (Lipinski definition) is 5. The number of carbonyl (C=O) groups excluding carboxylic acids is 1. The molecule has 1 amide bonds. The molecule has 0 spiro atoms. The number of tetrazole rings is 1. The molecule has 1 atom stereocenters. The van der Waals surface area contributed by atoms with Crippen LogP contribution >= 0.6 is 0 Å². The second kappa shape index (κ2) is 9.03. The Morgan fingerprint density at radius 3 is 2.72 bits per heavy atom. The lowest BCUT2D eigenvalue weighted by atomic mass is 9.96. The van der Waals surface area contributed by atoms with Gasteiger partial charge in [-0.2, -0.15) is 4.68 Å². The second-order valence-corrected chi connectivity index (χ2v) is 8.65. The molecule has 156 valence electrons. The van der Waals surface area contributed by atoms with Gasteiger partial charge in [0.2, 0.25) is 0 Å². The maximum Gasteiger partial charge on any atom is 0.254 e. The van der Waals surface area contributed by atoms with Gasteiger partial charge in [-0.05, 0) is 93.1 Å². The predicted molar refractivity (Wildman–Crippen MR) is 112 cm³/mol. The van der Waals surface area contributed by atoms with E-state index in [0.717, 1.165) is 49.5 Å². The summed E-state index contributed by atoms with van der Waals surface area (Å²) in [6.07, 6.45) is 7.10. The average Bonchev–Trinajstić information content (AvgIpc) is 3.19. The van der Waals surface area contributed by atoms with E-state index < -0.39 is 0 Å². The molecule has 2 aromatic rings. The van der Waals surface area contributed by atoms with Crippen molar-refractivity contribution < 1.29 is 4.79 Å². The Morgan fingerprint density at radius 1 is 1.14 bits per heavy atom. The number of aromatic nitrogens is 4. The third-order valence-electron chi connectivity index (χ3n) is 6.51. The summed E-state index contributed by atoms with van der Waals surface area (Å²) in [5.74, 6) is 1.70. The summed E-state index contributed by atoms with van der Waals surface area (Å²) in [6, 6.07) is 8.00. The Balaban J connectivity index is 1.44. The number of carbonyl (C=O) groups is 1. The van der Waals surface area contributed by atoms with E-state index in [4.69, 9.17) is 0 Å². The molecule has 2 aliphatic heterocycles. The van der Waals surface area contributed by atoms with Gasteiger partial charge in [0, 0.05) is 24.7 Å². The van der Waals surface area contributed by atoms with Crippen LogP contribution in [0.15, 0.2) is 24.3 Å². The Kier molecular flexibility index (Phi) is 6.23. The van der Waals surface area contributed by atoms with Crippen molar-refractivity contribution in [1.29, 1.82) is 0 Å². The van der Waals surface area contributed by atoms with Gasteiger partial charge in [0.15, 0.2) is 5.82 Å². The highest BCUT2D eigenvalue weighted by Gasteiger charge is 2.28. The van der Waals surface area contributed by atoms with E-state index in [9.17, 15) is 4.79 Å². The molecular weight excluding hydrogens is 364 g/mol. The van der Waals surface area contributed by atoms with Crippen LogP contribution in [0.5, 0.6) is 0 Å². The van der Waals surface area contributed by atoms with E-state index in [-0.39, 0.29) is 5.91 Å². The average molecular weight is 397 g/mol. The number of nitrogens with zero attached hydrogens (tertiary/aromatic N) is 6. The molecule has 0 unspecified atom stereocenters. The quantitative estimate of drug-likeness (QED) is 0.777. The van der Waals surface area contributed by atoms with Crippen molar-refractivity contribution in [3.05, 3.63) is 35.7 Å². The molecule has 0 aliphatic carbocycles. The van der Waals surface area contributed by atoms with Crippen LogP contribution in [0.4, 0.5) is 0 Å². The molecule has 2 fully saturated rings. The van der Waals surface area contributed by atoms with Crippen molar-refractivity contribution in [2.45, 2.75) is 58.4 Å². The number of aryl methyl sites for hydroxylation is 1. The van der Waals surface area contributed by atoms with Crippen LogP contribution in [0.25, 0.3) is 5.69 Å². The predicted octanol–water partition coefficient (Wildman–Crippen LogP) is 3.09. The van der Waals surface area contributed by atoms with Crippen LogP contribution in [-0.2, 0) is 0 Å². The van der Waals surface area contributed by atoms with Gasteiger partial charge in [0.25, 0.3) is 5.91 Å².